The standard InChI is InChI=1S/C34H53NO6/c1-23(2)27(19-26-13-16-32(40-8)33(20-26)41-18-10-17-38-6)14-15-29(36)22-31(24(3)4)34(37)35-25(5)28-11-9-12-30(21-28)39-7/h9,11-13,16,20-21,23-25,27,29,31,36H,10,14-15,17-19,22H2,1-8H3,(H,35,37)/t25-,27-,29-,31+/m1/s1. The molecule has 7 heteroatoms. The molecule has 4 atom stereocenters. The predicted octanol–water partition coefficient (Wildman–Crippen LogP) is 6.61. The topological polar surface area (TPSA) is 86.2 Å². The van der Waals surface area contributed by atoms with Gasteiger partial charge in [-0.2, -0.15) is 0 Å². The van der Waals surface area contributed by atoms with E-state index in [-0.39, 0.29) is 23.8 Å². The Morgan fingerprint density at radius 2 is 1.63 bits per heavy atom. The lowest BCUT2D eigenvalue weighted by Gasteiger charge is -2.27. The highest BCUT2D eigenvalue weighted by Crippen LogP contribution is 2.32. The van der Waals surface area contributed by atoms with Crippen LogP contribution in [0, 0.1) is 23.7 Å². The van der Waals surface area contributed by atoms with Gasteiger partial charge in [0, 0.05) is 26.1 Å². The molecule has 2 aromatic rings. The molecule has 0 saturated carbocycles. The van der Waals surface area contributed by atoms with E-state index < -0.39 is 6.10 Å². The fraction of sp³-hybridized carbons (Fsp3) is 0.618. The Balaban J connectivity index is 1.98. The van der Waals surface area contributed by atoms with Gasteiger partial charge in [0.05, 0.1) is 33.0 Å². The number of benzene rings is 2. The third-order valence-electron chi connectivity index (χ3n) is 7.91. The molecule has 2 rings (SSSR count). The van der Waals surface area contributed by atoms with E-state index in [1.807, 2.05) is 51.1 Å². The summed E-state index contributed by atoms with van der Waals surface area (Å²) in [5.74, 6) is 2.89. The SMILES string of the molecule is COCCCOc1cc(C[C@@H](CC[C@@H](O)C[C@H](C(=O)N[C@H](C)c2cccc(OC)c2)C(C)C)C(C)C)ccc1OC. The molecule has 7 nitrogen and oxygen atoms in total. The summed E-state index contributed by atoms with van der Waals surface area (Å²) in [6.07, 6.45) is 3.13. The minimum absolute atomic E-state index is 0.0222. The van der Waals surface area contributed by atoms with Gasteiger partial charge in [0.1, 0.15) is 5.75 Å². The molecule has 0 unspecified atom stereocenters. The van der Waals surface area contributed by atoms with Crippen molar-refractivity contribution >= 4 is 5.91 Å². The molecule has 230 valence electrons. The van der Waals surface area contributed by atoms with Gasteiger partial charge in [0.15, 0.2) is 11.5 Å². The van der Waals surface area contributed by atoms with Crippen LogP contribution in [0.5, 0.6) is 17.2 Å². The summed E-state index contributed by atoms with van der Waals surface area (Å²) in [7, 11) is 4.97. The van der Waals surface area contributed by atoms with Gasteiger partial charge in [-0.05, 0) is 85.8 Å². The van der Waals surface area contributed by atoms with Crippen molar-refractivity contribution in [2.75, 3.05) is 34.5 Å². The maximum Gasteiger partial charge on any atom is 0.223 e. The van der Waals surface area contributed by atoms with Crippen LogP contribution >= 0.6 is 0 Å². The largest absolute Gasteiger partial charge is 0.497 e. The lowest BCUT2D eigenvalue weighted by molar-refractivity contribution is -0.128. The molecule has 0 aliphatic heterocycles. The van der Waals surface area contributed by atoms with Gasteiger partial charge in [-0.1, -0.05) is 45.9 Å². The van der Waals surface area contributed by atoms with E-state index >= 15 is 0 Å². The smallest absolute Gasteiger partial charge is 0.223 e. The highest BCUT2D eigenvalue weighted by molar-refractivity contribution is 5.79. The van der Waals surface area contributed by atoms with Crippen LogP contribution in [-0.4, -0.2) is 51.7 Å². The lowest BCUT2D eigenvalue weighted by Crippen LogP contribution is -2.37. The summed E-state index contributed by atoms with van der Waals surface area (Å²) in [4.78, 5) is 13.3. The van der Waals surface area contributed by atoms with Crippen molar-refractivity contribution in [2.45, 2.75) is 78.9 Å². The van der Waals surface area contributed by atoms with Crippen molar-refractivity contribution in [1.82, 2.24) is 5.32 Å². The van der Waals surface area contributed by atoms with Crippen LogP contribution < -0.4 is 19.5 Å². The average Bonchev–Trinajstić information content (AvgIpc) is 2.95. The number of hydrogen-bond donors (Lipinski definition) is 2. The van der Waals surface area contributed by atoms with E-state index in [4.69, 9.17) is 18.9 Å². The molecule has 0 fully saturated rings. The highest BCUT2D eigenvalue weighted by atomic mass is 16.5. The van der Waals surface area contributed by atoms with Crippen LogP contribution in [0.25, 0.3) is 0 Å². The van der Waals surface area contributed by atoms with E-state index in [0.717, 1.165) is 42.1 Å². The second kappa shape index (κ2) is 17.9. The third-order valence-corrected chi connectivity index (χ3v) is 7.91. The molecule has 0 spiro atoms. The molecule has 0 saturated heterocycles. The number of aliphatic hydroxyl groups excluding tert-OH is 1. The molecule has 1 amide bonds. The fourth-order valence-electron chi connectivity index (χ4n) is 5.13. The molecule has 0 aliphatic rings. The van der Waals surface area contributed by atoms with Crippen LogP contribution in [0.2, 0.25) is 0 Å². The molecule has 41 heavy (non-hydrogen) atoms. The zero-order valence-corrected chi connectivity index (χ0v) is 26.4. The normalized spacial score (nSPS) is 14.4. The average molecular weight is 572 g/mol. The number of aliphatic hydroxyl groups is 1. The van der Waals surface area contributed by atoms with Crippen LogP contribution in [-0.2, 0) is 16.0 Å². The Morgan fingerprint density at radius 3 is 2.27 bits per heavy atom. The van der Waals surface area contributed by atoms with Gasteiger partial charge in [-0.25, -0.2) is 0 Å². The summed E-state index contributed by atoms with van der Waals surface area (Å²) in [5.41, 5.74) is 2.18. The fourth-order valence-corrected chi connectivity index (χ4v) is 5.13. The van der Waals surface area contributed by atoms with Crippen molar-refractivity contribution in [3.05, 3.63) is 53.6 Å². The van der Waals surface area contributed by atoms with Gasteiger partial charge in [-0.15, -0.1) is 0 Å². The molecule has 0 heterocycles. The van der Waals surface area contributed by atoms with Gasteiger partial charge in [0.25, 0.3) is 0 Å². The summed E-state index contributed by atoms with van der Waals surface area (Å²) >= 11 is 0. The Labute approximate surface area is 247 Å². The molecule has 0 aromatic heterocycles. The van der Waals surface area contributed by atoms with E-state index in [1.54, 1.807) is 21.3 Å². The molecule has 0 radical (unpaired) electrons. The second-order valence-electron chi connectivity index (χ2n) is 11.7. The first-order valence-corrected chi connectivity index (χ1v) is 15.0. The minimum Gasteiger partial charge on any atom is -0.497 e. The molecule has 0 bridgehead atoms. The summed E-state index contributed by atoms with van der Waals surface area (Å²) < 4.78 is 21.9. The lowest BCUT2D eigenvalue weighted by atomic mass is 9.82. The van der Waals surface area contributed by atoms with E-state index in [1.165, 1.54) is 5.56 Å². The molecular weight excluding hydrogens is 518 g/mol. The summed E-state index contributed by atoms with van der Waals surface area (Å²) in [6, 6.07) is 13.7. The molecule has 2 aromatic carbocycles. The van der Waals surface area contributed by atoms with Crippen molar-refractivity contribution in [3.8, 4) is 17.2 Å². The van der Waals surface area contributed by atoms with Crippen LogP contribution in [0.15, 0.2) is 42.5 Å². The van der Waals surface area contributed by atoms with Crippen molar-refractivity contribution in [3.63, 3.8) is 0 Å². The number of hydrogen-bond acceptors (Lipinski definition) is 6. The second-order valence-corrected chi connectivity index (χ2v) is 11.7. The molecule has 2 N–H and O–H groups in total. The number of carbonyl (C=O) groups excluding carboxylic acids is 1. The van der Waals surface area contributed by atoms with Crippen LogP contribution in [0.4, 0.5) is 0 Å². The Bertz CT molecular complexity index is 1040. The predicted molar refractivity (Wildman–Crippen MR) is 165 cm³/mol. The first-order chi connectivity index (χ1) is 19.6. The third kappa shape index (κ3) is 11.6. The van der Waals surface area contributed by atoms with Crippen LogP contribution in [0.1, 0.15) is 77.5 Å². The zero-order valence-electron chi connectivity index (χ0n) is 26.4. The van der Waals surface area contributed by atoms with Gasteiger partial charge in [0.2, 0.25) is 5.91 Å². The Hall–Kier alpha value is -2.77. The van der Waals surface area contributed by atoms with E-state index in [9.17, 15) is 9.90 Å². The number of ether oxygens (including phenoxy) is 4. The summed E-state index contributed by atoms with van der Waals surface area (Å²) in [6.45, 7) is 11.7. The highest BCUT2D eigenvalue weighted by Gasteiger charge is 2.27. The maximum absolute atomic E-state index is 13.3. The maximum atomic E-state index is 13.3. The van der Waals surface area contributed by atoms with Crippen molar-refractivity contribution < 1.29 is 28.8 Å². The number of carbonyl (C=O) groups is 1. The number of rotatable bonds is 19. The van der Waals surface area contributed by atoms with Gasteiger partial charge < -0.3 is 29.4 Å². The number of nitrogens with one attached hydrogen (secondary N) is 1. The van der Waals surface area contributed by atoms with E-state index in [0.29, 0.717) is 37.9 Å². The summed E-state index contributed by atoms with van der Waals surface area (Å²) in [5, 5.41) is 14.2. The minimum atomic E-state index is -0.544. The van der Waals surface area contributed by atoms with Crippen LogP contribution in [0.3, 0.4) is 0 Å². The quantitative estimate of drug-likeness (QED) is 0.185. The monoisotopic (exact) mass is 571 g/mol. The Kier molecular flexibility index (Phi) is 15.0. The Morgan fingerprint density at radius 1 is 0.878 bits per heavy atom. The molecular formula is C34H53NO6. The van der Waals surface area contributed by atoms with Gasteiger partial charge >= 0.3 is 0 Å². The van der Waals surface area contributed by atoms with E-state index in [2.05, 4.69) is 31.3 Å². The van der Waals surface area contributed by atoms with Crippen molar-refractivity contribution in [1.29, 1.82) is 0 Å². The number of methoxy groups -OCH3 is 3. The van der Waals surface area contributed by atoms with Crippen molar-refractivity contribution in [2.24, 2.45) is 23.7 Å². The number of amides is 1. The first-order valence-electron chi connectivity index (χ1n) is 15.0. The molecule has 0 aliphatic carbocycles. The first kappa shape index (κ1) is 34.4. The van der Waals surface area contributed by atoms with Gasteiger partial charge in [-0.3, -0.25) is 4.79 Å². The zero-order chi connectivity index (χ0) is 30.4.